The molecule has 2 aromatic carbocycles. The number of likely N-dealkylation sites (tertiary alicyclic amines) is 1. The number of benzene rings is 2. The van der Waals surface area contributed by atoms with Gasteiger partial charge in [0.1, 0.15) is 12.4 Å². The van der Waals surface area contributed by atoms with Gasteiger partial charge < -0.3 is 14.5 Å². The van der Waals surface area contributed by atoms with Gasteiger partial charge in [0, 0.05) is 78.7 Å². The van der Waals surface area contributed by atoms with Crippen LogP contribution in [0, 0.1) is 62.8 Å². The van der Waals surface area contributed by atoms with Crippen LogP contribution >= 0.6 is 23.2 Å². The molecule has 0 aliphatic carbocycles. The first-order chi connectivity index (χ1) is 21.4. The van der Waals surface area contributed by atoms with E-state index in [0.29, 0.717) is 34.0 Å². The number of aryl methyl sites for hydroxylation is 1. The molecule has 1 fully saturated rings. The molecule has 0 N–H and O–H groups in total. The van der Waals surface area contributed by atoms with Gasteiger partial charge in [-0.2, -0.15) is 24.3 Å². The van der Waals surface area contributed by atoms with E-state index >= 15 is 0 Å². The number of terminal acetylenes is 1. The molecule has 1 saturated heterocycles. The summed E-state index contributed by atoms with van der Waals surface area (Å²) in [5, 5.41) is 0.999. The molecular formula is C36H36Cl2FN4OU-. The molecule has 0 saturated carbocycles. The summed E-state index contributed by atoms with van der Waals surface area (Å²) in [5.74, 6) is 0.481. The van der Waals surface area contributed by atoms with Gasteiger partial charge in [0.25, 0.3) is 0 Å². The van der Waals surface area contributed by atoms with E-state index in [1.165, 1.54) is 11.6 Å². The quantitative estimate of drug-likeness (QED) is 0.112. The van der Waals surface area contributed by atoms with Crippen molar-refractivity contribution in [3.8, 4) is 18.7 Å². The van der Waals surface area contributed by atoms with Crippen LogP contribution in [0.1, 0.15) is 46.8 Å². The fraction of sp³-hybridized carbons (Fsp3) is 0.278. The molecule has 5 rings (SSSR count). The van der Waals surface area contributed by atoms with E-state index in [9.17, 15) is 4.39 Å². The van der Waals surface area contributed by atoms with Crippen LogP contribution in [0.2, 0.25) is 10.0 Å². The molecule has 1 aliphatic heterocycles. The Bertz CT molecular complexity index is 1560. The van der Waals surface area contributed by atoms with E-state index in [4.69, 9.17) is 32.9 Å². The SMILES string of the molecule is C#C.C=[C-]c1ccc(C)c(N(CCN2CCC(c3cccc(OCc4ccc(Cl)cc4F)n3)CC2)Cc2ccc(Cl)cn2)c1.[U]. The molecule has 5 nitrogen and oxygen atoms in total. The van der Waals surface area contributed by atoms with Crippen LogP contribution < -0.4 is 9.64 Å². The fourth-order valence-corrected chi connectivity index (χ4v) is 5.55. The van der Waals surface area contributed by atoms with Gasteiger partial charge in [-0.1, -0.05) is 40.9 Å². The average molecular weight is 869 g/mol. The molecule has 45 heavy (non-hydrogen) atoms. The Labute approximate surface area is 300 Å². The van der Waals surface area contributed by atoms with E-state index in [0.717, 1.165) is 61.7 Å². The minimum absolute atomic E-state index is 0. The van der Waals surface area contributed by atoms with Crippen molar-refractivity contribution in [2.75, 3.05) is 31.1 Å². The van der Waals surface area contributed by atoms with E-state index in [1.54, 1.807) is 18.3 Å². The van der Waals surface area contributed by atoms with Crippen LogP contribution in [0.25, 0.3) is 0 Å². The molecule has 232 valence electrons. The van der Waals surface area contributed by atoms with Crippen molar-refractivity contribution in [1.82, 2.24) is 14.9 Å². The number of halogens is 3. The summed E-state index contributed by atoms with van der Waals surface area (Å²) in [6.07, 6.45) is 14.7. The van der Waals surface area contributed by atoms with Gasteiger partial charge in [-0.15, -0.1) is 25.0 Å². The van der Waals surface area contributed by atoms with Crippen molar-refractivity contribution in [1.29, 1.82) is 0 Å². The third-order valence-electron chi connectivity index (χ3n) is 7.72. The molecule has 1 aliphatic rings. The molecule has 0 atom stereocenters. The zero-order valence-corrected chi connectivity index (χ0v) is 31.0. The van der Waals surface area contributed by atoms with Crippen molar-refractivity contribution in [3.63, 3.8) is 0 Å². The Hall–Kier alpha value is -2.84. The molecule has 0 unspecified atom stereocenters. The summed E-state index contributed by atoms with van der Waals surface area (Å²) in [6.45, 7) is 10.5. The minimum Gasteiger partial charge on any atom is -0.473 e. The predicted octanol–water partition coefficient (Wildman–Crippen LogP) is 8.28. The second-order valence-electron chi connectivity index (χ2n) is 10.6. The Kier molecular flexibility index (Phi) is 14.9. The van der Waals surface area contributed by atoms with Crippen LogP contribution in [-0.2, 0) is 13.2 Å². The van der Waals surface area contributed by atoms with Gasteiger partial charge in [0.15, 0.2) is 0 Å². The number of aromatic nitrogens is 2. The van der Waals surface area contributed by atoms with Gasteiger partial charge in [-0.3, -0.25) is 4.98 Å². The van der Waals surface area contributed by atoms with Crippen molar-refractivity contribution in [2.45, 2.75) is 38.8 Å². The predicted molar refractivity (Wildman–Crippen MR) is 178 cm³/mol. The maximum atomic E-state index is 14.1. The van der Waals surface area contributed by atoms with Crippen molar-refractivity contribution < 1.29 is 40.2 Å². The first kappa shape index (κ1) is 36.6. The number of nitrogens with zero attached hydrogens (tertiary/aromatic N) is 4. The Morgan fingerprint density at radius 2 is 1.80 bits per heavy atom. The Morgan fingerprint density at radius 1 is 1.04 bits per heavy atom. The van der Waals surface area contributed by atoms with Gasteiger partial charge in [0.2, 0.25) is 5.88 Å². The van der Waals surface area contributed by atoms with Crippen LogP contribution in [0.4, 0.5) is 10.1 Å². The number of piperidine rings is 1. The van der Waals surface area contributed by atoms with Crippen LogP contribution in [-0.4, -0.2) is 41.0 Å². The van der Waals surface area contributed by atoms with E-state index in [1.807, 2.05) is 30.3 Å². The normalized spacial score (nSPS) is 13.2. The van der Waals surface area contributed by atoms with Crippen molar-refractivity contribution >= 4 is 28.9 Å². The molecule has 3 heterocycles. The third-order valence-corrected chi connectivity index (χ3v) is 8.18. The maximum Gasteiger partial charge on any atom is 0.213 e. The largest absolute Gasteiger partial charge is 0.473 e. The summed E-state index contributed by atoms with van der Waals surface area (Å²) in [5.41, 5.74) is 5.78. The molecule has 4 aromatic rings. The molecule has 0 amide bonds. The molecule has 0 bridgehead atoms. The van der Waals surface area contributed by atoms with Crippen molar-refractivity contribution in [3.05, 3.63) is 130 Å². The Balaban J connectivity index is 0.00000180. The summed E-state index contributed by atoms with van der Waals surface area (Å²) >= 11 is 11.9. The van der Waals surface area contributed by atoms with Crippen LogP contribution in [0.15, 0.2) is 79.5 Å². The van der Waals surface area contributed by atoms with Gasteiger partial charge in [-0.05, 0) is 68.9 Å². The number of ether oxygens (including phenoxy) is 1. The van der Waals surface area contributed by atoms with Crippen LogP contribution in [0.3, 0.4) is 0 Å². The smallest absolute Gasteiger partial charge is 0.213 e. The second-order valence-corrected chi connectivity index (χ2v) is 11.5. The average Bonchev–Trinajstić information content (AvgIpc) is 3.05. The zero-order chi connectivity index (χ0) is 31.5. The standard InChI is InChI=1S/C34H34Cl2FN4O.C2H2.U/c1-3-25-8-7-24(2)33(19-25)41(22-30-12-11-29(36)21-38-30)18-17-40-15-13-26(14-16-40)32-5-4-6-34(39-32)42-23-27-9-10-28(35)20-31(27)37;1-2;/h4-12,19-21,26H,1,13-18,22-23H2,2H3;1-2H;/q-1;;. The molecule has 2 aromatic heterocycles. The second kappa shape index (κ2) is 18.3. The topological polar surface area (TPSA) is 41.5 Å². The Morgan fingerprint density at radius 3 is 2.49 bits per heavy atom. The van der Waals surface area contributed by atoms with E-state index in [-0.39, 0.29) is 43.5 Å². The third kappa shape index (κ3) is 10.6. The maximum absolute atomic E-state index is 14.1. The summed E-state index contributed by atoms with van der Waals surface area (Å²) < 4.78 is 20.0. The van der Waals surface area contributed by atoms with E-state index < -0.39 is 0 Å². The number of hydrogen-bond acceptors (Lipinski definition) is 5. The number of rotatable bonds is 11. The number of hydrogen-bond donors (Lipinski definition) is 0. The minimum atomic E-state index is -0.379. The first-order valence-corrected chi connectivity index (χ1v) is 15.2. The van der Waals surface area contributed by atoms with Gasteiger partial charge in [-0.25, -0.2) is 9.37 Å². The molecule has 0 spiro atoms. The summed E-state index contributed by atoms with van der Waals surface area (Å²) in [7, 11) is 0. The molecular weight excluding hydrogens is 832 g/mol. The monoisotopic (exact) mass is 867 g/mol. The number of anilines is 1. The molecule has 9 heteroatoms. The zero-order valence-electron chi connectivity index (χ0n) is 25.4. The van der Waals surface area contributed by atoms with Crippen LogP contribution in [0.5, 0.6) is 5.88 Å². The fourth-order valence-electron chi connectivity index (χ4n) is 5.28. The van der Waals surface area contributed by atoms with Gasteiger partial charge in [0.05, 0.1) is 17.3 Å². The molecule has 0 radical (unpaired) electrons. The van der Waals surface area contributed by atoms with Crippen molar-refractivity contribution in [2.24, 2.45) is 0 Å². The summed E-state index contributed by atoms with van der Waals surface area (Å²) in [4.78, 5) is 14.2. The van der Waals surface area contributed by atoms with Gasteiger partial charge >= 0.3 is 0 Å². The summed E-state index contributed by atoms with van der Waals surface area (Å²) in [6, 6.07) is 20.6. The number of pyridine rings is 2. The van der Waals surface area contributed by atoms with E-state index in [2.05, 4.69) is 65.4 Å². The first-order valence-electron chi connectivity index (χ1n) is 14.5.